The molecule has 3 rings (SSSR count). The molecule has 0 saturated heterocycles. The molecule has 0 spiro atoms. The van der Waals surface area contributed by atoms with E-state index in [-0.39, 0.29) is 11.9 Å². The summed E-state index contributed by atoms with van der Waals surface area (Å²) in [6.07, 6.45) is 2.41. The van der Waals surface area contributed by atoms with Gasteiger partial charge in [0.1, 0.15) is 5.75 Å². The van der Waals surface area contributed by atoms with Crippen LogP contribution in [-0.2, 0) is 6.42 Å². The number of amides is 3. The van der Waals surface area contributed by atoms with Gasteiger partial charge >= 0.3 is 6.03 Å². The summed E-state index contributed by atoms with van der Waals surface area (Å²) in [6.45, 7) is 3.14. The lowest BCUT2D eigenvalue weighted by atomic mass is 10.1. The molecule has 0 unspecified atom stereocenters. The van der Waals surface area contributed by atoms with Crippen molar-refractivity contribution in [3.63, 3.8) is 0 Å². The molecule has 0 radical (unpaired) electrons. The number of hydrogen-bond donors (Lipinski definition) is 2. The zero-order chi connectivity index (χ0) is 23.6. The van der Waals surface area contributed by atoms with E-state index in [0.29, 0.717) is 48.2 Å². The van der Waals surface area contributed by atoms with E-state index >= 15 is 0 Å². The second-order valence-corrected chi connectivity index (χ2v) is 7.50. The number of nitrogens with one attached hydrogen (secondary N) is 2. The second-order valence-electron chi connectivity index (χ2n) is 7.50. The third-order valence-corrected chi connectivity index (χ3v) is 5.04. The average Bonchev–Trinajstić information content (AvgIpc) is 3.32. The summed E-state index contributed by atoms with van der Waals surface area (Å²) < 4.78 is 10.6. The predicted octanol–water partition coefficient (Wildman–Crippen LogP) is 3.98. The molecule has 3 amide bonds. The summed E-state index contributed by atoms with van der Waals surface area (Å²) in [5.41, 5.74) is 1.90. The van der Waals surface area contributed by atoms with Crippen molar-refractivity contribution in [2.45, 2.75) is 26.2 Å². The average molecular weight is 452 g/mol. The van der Waals surface area contributed by atoms with Gasteiger partial charge in [-0.05, 0) is 42.8 Å². The van der Waals surface area contributed by atoms with Crippen LogP contribution in [0.3, 0.4) is 0 Å². The molecule has 0 fully saturated rings. The van der Waals surface area contributed by atoms with E-state index in [1.165, 1.54) is 4.90 Å². The minimum atomic E-state index is -0.268. The molecule has 0 aliphatic rings. The first-order valence-electron chi connectivity index (χ1n) is 10.9. The van der Waals surface area contributed by atoms with Gasteiger partial charge in [-0.25, -0.2) is 4.79 Å². The van der Waals surface area contributed by atoms with Crippen LogP contribution < -0.4 is 15.4 Å². The van der Waals surface area contributed by atoms with Crippen LogP contribution in [0.2, 0.25) is 0 Å². The van der Waals surface area contributed by atoms with Gasteiger partial charge in [-0.2, -0.15) is 4.98 Å². The number of ether oxygens (including phenoxy) is 1. The van der Waals surface area contributed by atoms with Crippen LogP contribution >= 0.6 is 0 Å². The summed E-state index contributed by atoms with van der Waals surface area (Å²) in [5.74, 6) is 1.34. The third kappa shape index (κ3) is 6.55. The quantitative estimate of drug-likeness (QED) is 0.451. The number of anilines is 1. The number of para-hydroxylation sites is 2. The highest BCUT2D eigenvalue weighted by molar-refractivity contribution is 5.94. The first-order chi connectivity index (χ1) is 16.0. The van der Waals surface area contributed by atoms with E-state index in [1.54, 1.807) is 50.6 Å². The van der Waals surface area contributed by atoms with E-state index in [9.17, 15) is 9.59 Å². The number of urea groups is 1. The number of unbranched alkanes of at least 4 members (excludes halogenated alkanes) is 1. The molecular formula is C24H29N5O4. The Kier molecular flexibility index (Phi) is 8.40. The van der Waals surface area contributed by atoms with Gasteiger partial charge in [-0.3, -0.25) is 4.79 Å². The maximum Gasteiger partial charge on any atom is 0.321 e. The van der Waals surface area contributed by atoms with Crippen LogP contribution in [0.4, 0.5) is 10.5 Å². The van der Waals surface area contributed by atoms with Gasteiger partial charge in [0.25, 0.3) is 11.8 Å². The largest absolute Gasteiger partial charge is 0.495 e. The Bertz CT molecular complexity index is 1060. The Hall–Kier alpha value is -3.88. The molecule has 2 N–H and O–H groups in total. The minimum absolute atomic E-state index is 0.101. The molecule has 0 atom stereocenters. The molecule has 1 heterocycles. The number of likely N-dealkylation sites (N-methyl/N-ethyl adjacent to an activating group) is 1. The molecule has 1 aromatic heterocycles. The monoisotopic (exact) mass is 451 g/mol. The summed E-state index contributed by atoms with van der Waals surface area (Å²) in [4.78, 5) is 30.5. The van der Waals surface area contributed by atoms with Crippen molar-refractivity contribution in [3.8, 4) is 17.2 Å². The first-order valence-corrected chi connectivity index (χ1v) is 10.9. The molecule has 0 bridgehead atoms. The predicted molar refractivity (Wildman–Crippen MR) is 125 cm³/mol. The van der Waals surface area contributed by atoms with Gasteiger partial charge in [-0.1, -0.05) is 30.6 Å². The second kappa shape index (κ2) is 11.7. The van der Waals surface area contributed by atoms with Gasteiger partial charge in [-0.15, -0.1) is 0 Å². The molecule has 2 aromatic carbocycles. The topological polar surface area (TPSA) is 110 Å². The van der Waals surface area contributed by atoms with Crippen molar-refractivity contribution in [2.75, 3.05) is 32.6 Å². The molecule has 0 saturated carbocycles. The SMILES string of the molecule is CCCCNC(=O)c1ccc(-c2nc(CCN(C)C(=O)Nc3ccccc3OC)no2)cc1. The number of carbonyl (C=O) groups is 2. The fourth-order valence-corrected chi connectivity index (χ4v) is 3.05. The van der Waals surface area contributed by atoms with Crippen LogP contribution in [0, 0.1) is 0 Å². The molecular weight excluding hydrogens is 422 g/mol. The van der Waals surface area contributed by atoms with Crippen molar-refractivity contribution in [2.24, 2.45) is 0 Å². The lowest BCUT2D eigenvalue weighted by Gasteiger charge is -2.18. The molecule has 0 aliphatic carbocycles. The van der Waals surface area contributed by atoms with Crippen LogP contribution in [0.25, 0.3) is 11.5 Å². The number of methoxy groups -OCH3 is 1. The number of hydrogen-bond acceptors (Lipinski definition) is 6. The van der Waals surface area contributed by atoms with Gasteiger partial charge < -0.3 is 24.8 Å². The smallest absolute Gasteiger partial charge is 0.321 e. The fraction of sp³-hybridized carbons (Fsp3) is 0.333. The van der Waals surface area contributed by atoms with Crippen molar-refractivity contribution in [3.05, 3.63) is 59.9 Å². The van der Waals surface area contributed by atoms with E-state index in [0.717, 1.165) is 18.4 Å². The van der Waals surface area contributed by atoms with Crippen molar-refractivity contribution in [1.82, 2.24) is 20.4 Å². The molecule has 0 aliphatic heterocycles. The van der Waals surface area contributed by atoms with Crippen LogP contribution in [0.5, 0.6) is 5.75 Å². The van der Waals surface area contributed by atoms with E-state index in [2.05, 4.69) is 27.7 Å². The van der Waals surface area contributed by atoms with Crippen molar-refractivity contribution < 1.29 is 18.8 Å². The molecule has 9 heteroatoms. The number of rotatable bonds is 10. The summed E-state index contributed by atoms with van der Waals surface area (Å²) in [6, 6.07) is 14.0. The van der Waals surface area contributed by atoms with Crippen LogP contribution in [-0.4, -0.2) is 54.2 Å². The Balaban J connectivity index is 1.53. The van der Waals surface area contributed by atoms with Gasteiger partial charge in [0, 0.05) is 37.7 Å². The maximum absolute atomic E-state index is 12.5. The van der Waals surface area contributed by atoms with Gasteiger partial charge in [0.2, 0.25) is 0 Å². The molecule has 174 valence electrons. The van der Waals surface area contributed by atoms with E-state index in [1.807, 2.05) is 12.1 Å². The first kappa shape index (κ1) is 23.8. The Morgan fingerprint density at radius 3 is 2.61 bits per heavy atom. The minimum Gasteiger partial charge on any atom is -0.495 e. The maximum atomic E-state index is 12.5. The lowest BCUT2D eigenvalue weighted by molar-refractivity contribution is 0.0953. The number of nitrogens with zero attached hydrogens (tertiary/aromatic N) is 3. The standard InChI is InChI=1S/C24H29N5O4/c1-4-5-15-25-22(30)17-10-12-18(13-11-17)23-27-21(28-33-23)14-16-29(2)24(31)26-19-8-6-7-9-20(19)32-3/h6-13H,4-5,14-16H2,1-3H3,(H,25,30)(H,26,31). The lowest BCUT2D eigenvalue weighted by Crippen LogP contribution is -2.33. The summed E-state index contributed by atoms with van der Waals surface area (Å²) in [5, 5.41) is 9.71. The fourth-order valence-electron chi connectivity index (χ4n) is 3.05. The van der Waals surface area contributed by atoms with Gasteiger partial charge in [0.05, 0.1) is 12.8 Å². The van der Waals surface area contributed by atoms with Crippen LogP contribution in [0.15, 0.2) is 53.1 Å². The Morgan fingerprint density at radius 2 is 1.88 bits per heavy atom. The van der Waals surface area contributed by atoms with Crippen molar-refractivity contribution >= 4 is 17.6 Å². The highest BCUT2D eigenvalue weighted by atomic mass is 16.5. The number of aromatic nitrogens is 2. The van der Waals surface area contributed by atoms with E-state index in [4.69, 9.17) is 9.26 Å². The zero-order valence-corrected chi connectivity index (χ0v) is 19.1. The Morgan fingerprint density at radius 1 is 1.12 bits per heavy atom. The Labute approximate surface area is 193 Å². The summed E-state index contributed by atoms with van der Waals surface area (Å²) in [7, 11) is 3.24. The number of carbonyl (C=O) groups excluding carboxylic acids is 2. The third-order valence-electron chi connectivity index (χ3n) is 5.04. The van der Waals surface area contributed by atoms with Crippen LogP contribution in [0.1, 0.15) is 35.9 Å². The normalized spacial score (nSPS) is 10.5. The van der Waals surface area contributed by atoms with E-state index < -0.39 is 0 Å². The zero-order valence-electron chi connectivity index (χ0n) is 19.1. The van der Waals surface area contributed by atoms with Crippen molar-refractivity contribution in [1.29, 1.82) is 0 Å². The number of benzene rings is 2. The molecule has 9 nitrogen and oxygen atoms in total. The van der Waals surface area contributed by atoms with Gasteiger partial charge in [0.15, 0.2) is 5.82 Å². The molecule has 3 aromatic rings. The highest BCUT2D eigenvalue weighted by Gasteiger charge is 2.14. The highest BCUT2D eigenvalue weighted by Crippen LogP contribution is 2.23. The summed E-state index contributed by atoms with van der Waals surface area (Å²) >= 11 is 0. The molecule has 33 heavy (non-hydrogen) atoms.